The topological polar surface area (TPSA) is 46.2 Å². The molecular formula is C5H9NO. The van der Waals surface area contributed by atoms with E-state index in [0.29, 0.717) is 12.1 Å². The second kappa shape index (κ2) is 3.28. The van der Waals surface area contributed by atoms with Crippen molar-refractivity contribution in [3.8, 4) is 0 Å². The van der Waals surface area contributed by atoms with Crippen molar-refractivity contribution in [1.29, 1.82) is 0 Å². The molecule has 0 atom stereocenters. The molecule has 0 aliphatic heterocycles. The van der Waals surface area contributed by atoms with Crippen LogP contribution in [0.2, 0.25) is 0 Å². The van der Waals surface area contributed by atoms with Gasteiger partial charge in [-0.15, -0.1) is 6.58 Å². The van der Waals surface area contributed by atoms with Crippen molar-refractivity contribution < 1.29 is 5.11 Å². The highest BCUT2D eigenvalue weighted by Gasteiger charge is 1.78. The molecule has 0 saturated carbocycles. The first-order chi connectivity index (χ1) is 3.31. The normalized spacial score (nSPS) is 11.1. The van der Waals surface area contributed by atoms with Crippen molar-refractivity contribution in [2.45, 2.75) is 6.42 Å². The van der Waals surface area contributed by atoms with E-state index < -0.39 is 0 Å². The highest BCUT2D eigenvalue weighted by molar-refractivity contribution is 4.96. The van der Waals surface area contributed by atoms with Crippen LogP contribution >= 0.6 is 0 Å². The minimum Gasteiger partial charge on any atom is -0.514 e. The standard InChI is InChI=1S/C5H9NO/c1-2-3-5(6)4-7/h2,4,7H,1,3,6H2/b5-4-. The Balaban J connectivity index is 3.36. The first-order valence-corrected chi connectivity index (χ1v) is 2.01. The van der Waals surface area contributed by atoms with Crippen LogP contribution in [0, 0.1) is 0 Å². The molecule has 0 aromatic rings. The highest BCUT2D eigenvalue weighted by Crippen LogP contribution is 1.88. The fourth-order valence-corrected chi connectivity index (χ4v) is 0.219. The molecule has 0 bridgehead atoms. The van der Waals surface area contributed by atoms with Gasteiger partial charge in [-0.25, -0.2) is 0 Å². The van der Waals surface area contributed by atoms with Gasteiger partial charge in [-0.2, -0.15) is 0 Å². The van der Waals surface area contributed by atoms with Gasteiger partial charge in [0.2, 0.25) is 0 Å². The van der Waals surface area contributed by atoms with Crippen LogP contribution in [-0.4, -0.2) is 5.11 Å². The lowest BCUT2D eigenvalue weighted by molar-refractivity contribution is 0.465. The molecule has 40 valence electrons. The Bertz CT molecular complexity index is 86.1. The van der Waals surface area contributed by atoms with Gasteiger partial charge in [-0.1, -0.05) is 6.08 Å². The van der Waals surface area contributed by atoms with Gasteiger partial charge in [0, 0.05) is 12.1 Å². The van der Waals surface area contributed by atoms with Gasteiger partial charge in [0.15, 0.2) is 0 Å². The summed E-state index contributed by atoms with van der Waals surface area (Å²) in [5.41, 5.74) is 5.56. The van der Waals surface area contributed by atoms with Crippen molar-refractivity contribution in [2.75, 3.05) is 0 Å². The molecule has 2 heteroatoms. The Morgan fingerprint density at radius 3 is 2.57 bits per heavy atom. The molecule has 0 radical (unpaired) electrons. The predicted octanol–water partition coefficient (Wildman–Crippen LogP) is 0.921. The SMILES string of the molecule is C=CC/C(N)=C/O. The first kappa shape index (κ1) is 6.08. The largest absolute Gasteiger partial charge is 0.514 e. The maximum Gasteiger partial charge on any atom is 0.0982 e. The zero-order valence-electron chi connectivity index (χ0n) is 4.09. The van der Waals surface area contributed by atoms with E-state index in [0.717, 1.165) is 6.26 Å². The van der Waals surface area contributed by atoms with Crippen molar-refractivity contribution >= 4 is 0 Å². The minimum absolute atomic E-state index is 0.440. The fraction of sp³-hybridized carbons (Fsp3) is 0.200. The molecule has 0 heterocycles. The van der Waals surface area contributed by atoms with Gasteiger partial charge < -0.3 is 10.8 Å². The van der Waals surface area contributed by atoms with Crippen molar-refractivity contribution in [1.82, 2.24) is 0 Å². The van der Waals surface area contributed by atoms with E-state index in [1.807, 2.05) is 0 Å². The number of hydrogen-bond donors (Lipinski definition) is 2. The third-order valence-electron chi connectivity index (χ3n) is 0.546. The van der Waals surface area contributed by atoms with E-state index in [2.05, 4.69) is 6.58 Å². The number of rotatable bonds is 2. The van der Waals surface area contributed by atoms with Gasteiger partial charge in [-0.05, 0) is 0 Å². The molecule has 0 aliphatic carbocycles. The quantitative estimate of drug-likeness (QED) is 0.399. The average molecular weight is 99.1 g/mol. The van der Waals surface area contributed by atoms with Gasteiger partial charge in [0.1, 0.15) is 0 Å². The van der Waals surface area contributed by atoms with Crippen LogP contribution in [0.5, 0.6) is 0 Å². The van der Waals surface area contributed by atoms with Crippen molar-refractivity contribution in [2.24, 2.45) is 5.73 Å². The van der Waals surface area contributed by atoms with E-state index in [1.165, 1.54) is 0 Å². The molecule has 0 unspecified atom stereocenters. The Morgan fingerprint density at radius 1 is 1.86 bits per heavy atom. The van der Waals surface area contributed by atoms with E-state index in [-0.39, 0.29) is 0 Å². The lowest BCUT2D eigenvalue weighted by Gasteiger charge is -1.87. The van der Waals surface area contributed by atoms with Crippen LogP contribution in [0.3, 0.4) is 0 Å². The second-order valence-corrected chi connectivity index (χ2v) is 1.20. The summed E-state index contributed by atoms with van der Waals surface area (Å²) in [5, 5.41) is 8.13. The van der Waals surface area contributed by atoms with Gasteiger partial charge >= 0.3 is 0 Å². The highest BCUT2D eigenvalue weighted by atomic mass is 16.2. The maximum atomic E-state index is 8.13. The maximum absolute atomic E-state index is 8.13. The predicted molar refractivity (Wildman–Crippen MR) is 29.7 cm³/mol. The van der Waals surface area contributed by atoms with Gasteiger partial charge in [0.05, 0.1) is 6.26 Å². The monoisotopic (exact) mass is 99.1 g/mol. The number of nitrogens with two attached hydrogens (primary N) is 1. The Labute approximate surface area is 43.0 Å². The molecule has 7 heavy (non-hydrogen) atoms. The molecule has 0 rings (SSSR count). The number of aliphatic hydroxyl groups excluding tert-OH is 1. The molecule has 0 spiro atoms. The fourth-order valence-electron chi connectivity index (χ4n) is 0.219. The summed E-state index contributed by atoms with van der Waals surface area (Å²) >= 11 is 0. The van der Waals surface area contributed by atoms with E-state index in [9.17, 15) is 0 Å². The number of hydrogen-bond acceptors (Lipinski definition) is 2. The summed E-state index contributed by atoms with van der Waals surface area (Å²) in [6.07, 6.45) is 3.06. The molecule has 0 aliphatic rings. The zero-order valence-corrected chi connectivity index (χ0v) is 4.09. The smallest absolute Gasteiger partial charge is 0.0982 e. The number of allylic oxidation sites excluding steroid dienone is 1. The van der Waals surface area contributed by atoms with Crippen LogP contribution in [0.4, 0.5) is 0 Å². The first-order valence-electron chi connectivity index (χ1n) is 2.01. The lowest BCUT2D eigenvalue weighted by Crippen LogP contribution is -1.93. The summed E-state index contributed by atoms with van der Waals surface area (Å²) in [5.74, 6) is 0. The summed E-state index contributed by atoms with van der Waals surface area (Å²) < 4.78 is 0. The molecule has 0 saturated heterocycles. The Hall–Kier alpha value is -0.920. The second-order valence-electron chi connectivity index (χ2n) is 1.20. The molecule has 0 amide bonds. The van der Waals surface area contributed by atoms with Crippen LogP contribution in [0.1, 0.15) is 6.42 Å². The van der Waals surface area contributed by atoms with Gasteiger partial charge in [-0.3, -0.25) is 0 Å². The summed E-state index contributed by atoms with van der Waals surface area (Å²) in [6.45, 7) is 3.42. The Morgan fingerprint density at radius 2 is 2.43 bits per heavy atom. The average Bonchev–Trinajstić information content (AvgIpc) is 1.68. The summed E-state index contributed by atoms with van der Waals surface area (Å²) in [6, 6.07) is 0. The molecule has 0 fully saturated rings. The summed E-state index contributed by atoms with van der Waals surface area (Å²) in [7, 11) is 0. The third kappa shape index (κ3) is 2.89. The third-order valence-corrected chi connectivity index (χ3v) is 0.546. The van der Waals surface area contributed by atoms with Crippen LogP contribution in [0.25, 0.3) is 0 Å². The van der Waals surface area contributed by atoms with E-state index in [4.69, 9.17) is 10.8 Å². The van der Waals surface area contributed by atoms with Crippen molar-refractivity contribution in [3.63, 3.8) is 0 Å². The number of aliphatic hydroxyl groups is 1. The van der Waals surface area contributed by atoms with Crippen molar-refractivity contribution in [3.05, 3.63) is 24.6 Å². The molecule has 3 N–H and O–H groups in total. The molecule has 0 aromatic heterocycles. The van der Waals surface area contributed by atoms with Crippen LogP contribution in [0.15, 0.2) is 24.6 Å². The minimum atomic E-state index is 0.440. The van der Waals surface area contributed by atoms with Crippen LogP contribution in [-0.2, 0) is 0 Å². The lowest BCUT2D eigenvalue weighted by atomic mass is 10.3. The van der Waals surface area contributed by atoms with Gasteiger partial charge in [0.25, 0.3) is 0 Å². The molecule has 2 nitrogen and oxygen atoms in total. The zero-order chi connectivity index (χ0) is 5.70. The van der Waals surface area contributed by atoms with E-state index in [1.54, 1.807) is 6.08 Å². The van der Waals surface area contributed by atoms with E-state index >= 15 is 0 Å². The molecule has 0 aromatic carbocycles. The summed E-state index contributed by atoms with van der Waals surface area (Å²) in [4.78, 5) is 0. The Kier molecular flexibility index (Phi) is 2.85. The molecular weight excluding hydrogens is 90.1 g/mol. The van der Waals surface area contributed by atoms with Crippen LogP contribution < -0.4 is 5.73 Å².